The van der Waals surface area contributed by atoms with Crippen LogP contribution in [0, 0.1) is 0 Å². The maximum atomic E-state index is 13.0. The summed E-state index contributed by atoms with van der Waals surface area (Å²) >= 11 is 1.43. The van der Waals surface area contributed by atoms with E-state index in [9.17, 15) is 9.59 Å². The van der Waals surface area contributed by atoms with Gasteiger partial charge in [-0.25, -0.2) is 4.98 Å². The van der Waals surface area contributed by atoms with Crippen molar-refractivity contribution >= 4 is 34.5 Å². The minimum Gasteiger partial charge on any atom is -0.341 e. The lowest BCUT2D eigenvalue weighted by Crippen LogP contribution is -2.39. The Morgan fingerprint density at radius 2 is 1.74 bits per heavy atom. The zero-order valence-corrected chi connectivity index (χ0v) is 15.6. The minimum absolute atomic E-state index is 0.225. The van der Waals surface area contributed by atoms with Gasteiger partial charge < -0.3 is 4.90 Å². The van der Waals surface area contributed by atoms with Crippen LogP contribution < -0.4 is 15.9 Å². The van der Waals surface area contributed by atoms with E-state index in [4.69, 9.17) is 0 Å². The number of para-hydroxylation sites is 1. The van der Waals surface area contributed by atoms with E-state index >= 15 is 0 Å². The summed E-state index contributed by atoms with van der Waals surface area (Å²) in [5, 5.41) is 0.497. The van der Waals surface area contributed by atoms with Gasteiger partial charge in [0, 0.05) is 18.0 Å². The largest absolute Gasteiger partial charge is 0.341 e. The van der Waals surface area contributed by atoms with Crippen LogP contribution in [0.25, 0.3) is 10.9 Å². The molecule has 1 aromatic heterocycles. The molecule has 4 rings (SSSR count). The van der Waals surface area contributed by atoms with Crippen LogP contribution in [-0.4, -0.2) is 34.4 Å². The van der Waals surface area contributed by atoms with Crippen LogP contribution in [-0.2, 0) is 4.79 Å². The first-order chi connectivity index (χ1) is 13.2. The second-order valence-electron chi connectivity index (χ2n) is 6.40. The van der Waals surface area contributed by atoms with E-state index in [2.05, 4.69) is 15.3 Å². The Hall–Kier alpha value is -2.80. The molecule has 7 heteroatoms. The molecule has 0 radical (unpaired) electrons. The van der Waals surface area contributed by atoms with Crippen LogP contribution in [0.1, 0.15) is 12.8 Å². The van der Waals surface area contributed by atoms with Crippen molar-refractivity contribution in [1.82, 2.24) is 9.66 Å². The lowest BCUT2D eigenvalue weighted by molar-refractivity contribution is -0.114. The van der Waals surface area contributed by atoms with Crippen LogP contribution in [0.2, 0.25) is 0 Å². The molecular formula is C20H20N4O2S. The van der Waals surface area contributed by atoms with E-state index in [0.29, 0.717) is 16.9 Å². The van der Waals surface area contributed by atoms with Crippen LogP contribution in [0.4, 0.5) is 5.95 Å². The number of anilines is 1. The number of hydrogen-bond acceptors (Lipinski definition) is 5. The number of amides is 1. The quantitative estimate of drug-likeness (QED) is 0.690. The Morgan fingerprint density at radius 1 is 1.04 bits per heavy atom. The Labute approximate surface area is 161 Å². The van der Waals surface area contributed by atoms with Crippen LogP contribution in [0.15, 0.2) is 64.3 Å². The topological polar surface area (TPSA) is 67.2 Å². The van der Waals surface area contributed by atoms with E-state index in [0.717, 1.165) is 30.8 Å². The number of hydrogen-bond donors (Lipinski definition) is 1. The first-order valence-corrected chi connectivity index (χ1v) is 9.95. The summed E-state index contributed by atoms with van der Waals surface area (Å²) in [5.41, 5.74) is 3.16. The predicted octanol–water partition coefficient (Wildman–Crippen LogP) is 2.86. The number of rotatable bonds is 5. The number of thioether (sulfide) groups is 1. The zero-order valence-electron chi connectivity index (χ0n) is 14.8. The van der Waals surface area contributed by atoms with Gasteiger partial charge in [-0.1, -0.05) is 30.3 Å². The third-order valence-corrected chi connectivity index (χ3v) is 5.51. The van der Waals surface area contributed by atoms with E-state index < -0.39 is 0 Å². The molecule has 1 saturated heterocycles. The number of carbonyl (C=O) groups excluding carboxylic acids is 1. The van der Waals surface area contributed by atoms with Gasteiger partial charge in [-0.2, -0.15) is 4.68 Å². The summed E-state index contributed by atoms with van der Waals surface area (Å²) < 4.78 is 1.31. The molecule has 0 atom stereocenters. The highest BCUT2D eigenvalue weighted by Crippen LogP contribution is 2.20. The van der Waals surface area contributed by atoms with E-state index in [1.54, 1.807) is 12.1 Å². The van der Waals surface area contributed by atoms with Crippen molar-refractivity contribution in [3.8, 4) is 0 Å². The summed E-state index contributed by atoms with van der Waals surface area (Å²) in [6.07, 6.45) is 2.11. The highest BCUT2D eigenvalue weighted by Gasteiger charge is 2.21. The number of nitrogens with one attached hydrogen (secondary N) is 1. The molecule has 2 aromatic carbocycles. The van der Waals surface area contributed by atoms with Gasteiger partial charge in [0.1, 0.15) is 0 Å². The monoisotopic (exact) mass is 380 g/mol. The number of aromatic nitrogens is 2. The number of fused-ring (bicyclic) bond motifs is 1. The van der Waals surface area contributed by atoms with Crippen LogP contribution >= 0.6 is 11.8 Å². The fourth-order valence-corrected chi connectivity index (χ4v) is 3.89. The summed E-state index contributed by atoms with van der Waals surface area (Å²) in [4.78, 5) is 33.2. The van der Waals surface area contributed by atoms with Crippen molar-refractivity contribution in [2.75, 3.05) is 29.2 Å². The maximum Gasteiger partial charge on any atom is 0.281 e. The van der Waals surface area contributed by atoms with Crippen LogP contribution in [0.5, 0.6) is 0 Å². The SMILES string of the molecule is O=C(CSc1ccccc1)Nn1c(N2CCCC2)nc2ccccc2c1=O. The van der Waals surface area contributed by atoms with Crippen molar-refractivity contribution in [2.45, 2.75) is 17.7 Å². The molecule has 1 amide bonds. The second kappa shape index (κ2) is 7.84. The lowest BCUT2D eigenvalue weighted by atomic mass is 10.2. The van der Waals surface area contributed by atoms with E-state index in [1.807, 2.05) is 42.5 Å². The number of benzene rings is 2. The number of nitrogens with zero attached hydrogens (tertiary/aromatic N) is 3. The molecule has 1 aliphatic heterocycles. The summed E-state index contributed by atoms with van der Waals surface area (Å²) in [7, 11) is 0. The molecular weight excluding hydrogens is 360 g/mol. The van der Waals surface area contributed by atoms with Gasteiger partial charge in [0.2, 0.25) is 11.9 Å². The van der Waals surface area contributed by atoms with Crippen molar-refractivity contribution < 1.29 is 4.79 Å². The molecule has 0 aliphatic carbocycles. The van der Waals surface area contributed by atoms with Crippen molar-refractivity contribution in [3.05, 3.63) is 65.0 Å². The van der Waals surface area contributed by atoms with Crippen molar-refractivity contribution in [2.24, 2.45) is 0 Å². The maximum absolute atomic E-state index is 13.0. The first kappa shape index (κ1) is 17.6. The summed E-state index contributed by atoms with van der Waals surface area (Å²) in [6.45, 7) is 1.67. The predicted molar refractivity (Wildman–Crippen MR) is 109 cm³/mol. The summed E-state index contributed by atoms with van der Waals surface area (Å²) in [5.74, 6) is 0.501. The van der Waals surface area contributed by atoms with Gasteiger partial charge >= 0.3 is 0 Å². The average molecular weight is 380 g/mol. The van der Waals surface area contributed by atoms with Gasteiger partial charge in [-0.3, -0.25) is 15.0 Å². The molecule has 6 nitrogen and oxygen atoms in total. The fourth-order valence-electron chi connectivity index (χ4n) is 3.17. The summed E-state index contributed by atoms with van der Waals surface area (Å²) in [6, 6.07) is 16.9. The van der Waals surface area contributed by atoms with Crippen molar-refractivity contribution in [1.29, 1.82) is 0 Å². The number of carbonyl (C=O) groups is 1. The molecule has 138 valence electrons. The van der Waals surface area contributed by atoms with Gasteiger partial charge in [0.05, 0.1) is 16.7 Å². The van der Waals surface area contributed by atoms with Gasteiger partial charge in [-0.05, 0) is 37.1 Å². The van der Waals surface area contributed by atoms with E-state index in [1.165, 1.54) is 16.4 Å². The van der Waals surface area contributed by atoms with Gasteiger partial charge in [0.25, 0.3) is 5.56 Å². The first-order valence-electron chi connectivity index (χ1n) is 8.97. The standard InChI is InChI=1S/C20H20N4O2S/c25-18(14-27-15-8-2-1-3-9-15)22-24-19(26)16-10-4-5-11-17(16)21-20(24)23-12-6-7-13-23/h1-5,8-11H,6-7,12-14H2,(H,22,25). The third-order valence-electron chi connectivity index (χ3n) is 4.50. The minimum atomic E-state index is -0.249. The second-order valence-corrected chi connectivity index (χ2v) is 7.45. The third kappa shape index (κ3) is 3.83. The Morgan fingerprint density at radius 3 is 2.52 bits per heavy atom. The molecule has 27 heavy (non-hydrogen) atoms. The Bertz CT molecular complexity index is 1010. The zero-order chi connectivity index (χ0) is 18.6. The fraction of sp³-hybridized carbons (Fsp3) is 0.250. The average Bonchev–Trinajstić information content (AvgIpc) is 3.24. The molecule has 3 aromatic rings. The molecule has 2 heterocycles. The Kier molecular flexibility index (Phi) is 5.11. The molecule has 0 spiro atoms. The van der Waals surface area contributed by atoms with Crippen LogP contribution in [0.3, 0.4) is 0 Å². The van der Waals surface area contributed by atoms with Gasteiger partial charge in [-0.15, -0.1) is 11.8 Å². The highest BCUT2D eigenvalue weighted by atomic mass is 32.2. The molecule has 1 aliphatic rings. The van der Waals surface area contributed by atoms with Crippen molar-refractivity contribution in [3.63, 3.8) is 0 Å². The molecule has 0 saturated carbocycles. The molecule has 0 unspecified atom stereocenters. The molecule has 1 fully saturated rings. The van der Waals surface area contributed by atoms with Gasteiger partial charge in [0.15, 0.2) is 0 Å². The molecule has 0 bridgehead atoms. The normalized spacial score (nSPS) is 13.9. The smallest absolute Gasteiger partial charge is 0.281 e. The lowest BCUT2D eigenvalue weighted by Gasteiger charge is -2.21. The Balaban J connectivity index is 1.62. The molecule has 1 N–H and O–H groups in total. The van der Waals surface area contributed by atoms with E-state index in [-0.39, 0.29) is 17.2 Å². The highest BCUT2D eigenvalue weighted by molar-refractivity contribution is 8.00.